The molecule has 0 saturated carbocycles. The van der Waals surface area contributed by atoms with Gasteiger partial charge >= 0.3 is 6.03 Å². The molecule has 4 aliphatic rings. The fourth-order valence-corrected chi connectivity index (χ4v) is 8.11. The number of aromatic nitrogens is 3. The first kappa shape index (κ1) is 37.3. The van der Waals surface area contributed by atoms with Crippen LogP contribution in [0.3, 0.4) is 0 Å². The summed E-state index contributed by atoms with van der Waals surface area (Å²) >= 11 is 0. The number of ether oxygens (including phenoxy) is 1. The number of urea groups is 1. The zero-order chi connectivity index (χ0) is 39.6. The SMILES string of the molecule is Cc1c(-c2ccc3cnc(Nc4ccc(CN5CCN(C(=O)CN6CCN(c7ccc(N8CCC(=O)NC8=O)cc7)CC6)CC5)cc4)nc3c2)cnc2c1NCCO2. The van der Waals surface area contributed by atoms with E-state index >= 15 is 0 Å². The third kappa shape index (κ3) is 8.08. The zero-order valence-electron chi connectivity index (χ0n) is 32.6. The number of hydrogen-bond acceptors (Lipinski definition) is 12. The third-order valence-electron chi connectivity index (χ3n) is 11.5. The van der Waals surface area contributed by atoms with Crippen LogP contribution in [-0.4, -0.2) is 126 Å². The molecule has 5 aromatic rings. The number of carbonyl (C=O) groups excluding carboxylic acids is 3. The van der Waals surface area contributed by atoms with Crippen LogP contribution in [0.15, 0.2) is 79.1 Å². The van der Waals surface area contributed by atoms with Gasteiger partial charge < -0.3 is 25.2 Å². The molecule has 3 fully saturated rings. The molecule has 0 aliphatic carbocycles. The second-order valence-electron chi connectivity index (χ2n) is 15.2. The number of hydrogen-bond donors (Lipinski definition) is 3. The maximum Gasteiger partial charge on any atom is 0.328 e. The molecule has 0 radical (unpaired) electrons. The number of piperazine rings is 2. The highest BCUT2D eigenvalue weighted by molar-refractivity contribution is 6.05. The van der Waals surface area contributed by atoms with Gasteiger partial charge in [0.2, 0.25) is 23.6 Å². The van der Waals surface area contributed by atoms with Gasteiger partial charge in [-0.25, -0.2) is 19.7 Å². The van der Waals surface area contributed by atoms with Gasteiger partial charge in [0.1, 0.15) is 12.3 Å². The van der Waals surface area contributed by atoms with Crippen molar-refractivity contribution >= 4 is 57.4 Å². The summed E-state index contributed by atoms with van der Waals surface area (Å²) in [6.45, 7) is 11.5. The van der Waals surface area contributed by atoms with E-state index in [4.69, 9.17) is 9.72 Å². The van der Waals surface area contributed by atoms with Crippen LogP contribution in [0.5, 0.6) is 5.88 Å². The van der Waals surface area contributed by atoms with E-state index in [-0.39, 0.29) is 17.8 Å². The van der Waals surface area contributed by atoms with E-state index < -0.39 is 0 Å². The number of carbonyl (C=O) groups is 3. The number of pyridine rings is 1. The molecule has 4 aliphatic heterocycles. The van der Waals surface area contributed by atoms with Crippen LogP contribution in [0.25, 0.3) is 22.0 Å². The summed E-state index contributed by atoms with van der Waals surface area (Å²) in [4.78, 5) is 61.5. The van der Waals surface area contributed by atoms with Gasteiger partial charge in [-0.2, -0.15) is 0 Å². The molecule has 15 nitrogen and oxygen atoms in total. The minimum Gasteiger partial charge on any atom is -0.474 e. The molecule has 6 heterocycles. The van der Waals surface area contributed by atoms with E-state index in [9.17, 15) is 14.4 Å². The van der Waals surface area contributed by atoms with Gasteiger partial charge in [0.05, 0.1) is 12.1 Å². The summed E-state index contributed by atoms with van der Waals surface area (Å²) in [5, 5.41) is 10.1. The Morgan fingerprint density at radius 1 is 0.828 bits per heavy atom. The Kier molecular flexibility index (Phi) is 10.5. The largest absolute Gasteiger partial charge is 0.474 e. The lowest BCUT2D eigenvalue weighted by molar-refractivity contribution is -0.134. The lowest BCUT2D eigenvalue weighted by atomic mass is 10.00. The predicted octanol–water partition coefficient (Wildman–Crippen LogP) is 4.46. The van der Waals surface area contributed by atoms with Gasteiger partial charge in [-0.1, -0.05) is 24.3 Å². The van der Waals surface area contributed by atoms with Crippen LogP contribution in [0.2, 0.25) is 0 Å². The average Bonchev–Trinajstić information content (AvgIpc) is 3.25. The first-order valence-electron chi connectivity index (χ1n) is 20.0. The van der Waals surface area contributed by atoms with Gasteiger partial charge in [0, 0.05) is 119 Å². The van der Waals surface area contributed by atoms with Crippen LogP contribution < -0.4 is 30.5 Å². The number of imide groups is 1. The van der Waals surface area contributed by atoms with Crippen LogP contribution in [0.4, 0.5) is 33.5 Å². The van der Waals surface area contributed by atoms with E-state index in [1.807, 2.05) is 47.6 Å². The second kappa shape index (κ2) is 16.3. The molecule has 3 aromatic carbocycles. The second-order valence-corrected chi connectivity index (χ2v) is 15.2. The minimum atomic E-state index is -0.378. The summed E-state index contributed by atoms with van der Waals surface area (Å²) in [5.74, 6) is 1.14. The predicted molar refractivity (Wildman–Crippen MR) is 224 cm³/mol. The van der Waals surface area contributed by atoms with Gasteiger partial charge in [-0.05, 0) is 66.1 Å². The Balaban J connectivity index is 0.724. The highest BCUT2D eigenvalue weighted by atomic mass is 16.5. The number of benzene rings is 3. The van der Waals surface area contributed by atoms with Crippen molar-refractivity contribution < 1.29 is 19.1 Å². The molecule has 0 spiro atoms. The Labute approximate surface area is 337 Å². The van der Waals surface area contributed by atoms with Gasteiger partial charge in [-0.3, -0.25) is 29.6 Å². The molecular formula is C43H47N11O4. The summed E-state index contributed by atoms with van der Waals surface area (Å²) in [7, 11) is 0. The molecule has 0 atom stereocenters. The molecule has 2 aromatic heterocycles. The topological polar surface area (TPSA) is 151 Å². The van der Waals surface area contributed by atoms with Gasteiger partial charge in [0.15, 0.2) is 0 Å². The van der Waals surface area contributed by atoms with Crippen molar-refractivity contribution in [3.8, 4) is 17.0 Å². The van der Waals surface area contributed by atoms with Crippen LogP contribution in [0.1, 0.15) is 17.5 Å². The van der Waals surface area contributed by atoms with E-state index in [1.54, 1.807) is 4.90 Å². The Morgan fingerprint density at radius 3 is 2.36 bits per heavy atom. The highest BCUT2D eigenvalue weighted by Gasteiger charge is 2.27. The van der Waals surface area contributed by atoms with Crippen LogP contribution in [0, 0.1) is 6.92 Å². The zero-order valence-corrected chi connectivity index (χ0v) is 32.6. The van der Waals surface area contributed by atoms with Crippen molar-refractivity contribution in [2.75, 3.05) is 99.0 Å². The molecule has 58 heavy (non-hydrogen) atoms. The van der Waals surface area contributed by atoms with Crippen LogP contribution in [-0.2, 0) is 16.1 Å². The molecule has 0 bridgehead atoms. The van der Waals surface area contributed by atoms with Gasteiger partial charge in [0.25, 0.3) is 0 Å². The summed E-state index contributed by atoms with van der Waals surface area (Å²) in [5.41, 5.74) is 8.96. The molecule has 3 saturated heterocycles. The maximum atomic E-state index is 13.3. The van der Waals surface area contributed by atoms with E-state index in [1.165, 1.54) is 5.56 Å². The van der Waals surface area contributed by atoms with Crippen molar-refractivity contribution in [3.05, 3.63) is 90.3 Å². The lowest BCUT2D eigenvalue weighted by Gasteiger charge is -2.38. The first-order chi connectivity index (χ1) is 28.3. The fraction of sp³-hybridized carbons (Fsp3) is 0.349. The fourth-order valence-electron chi connectivity index (χ4n) is 8.11. The van der Waals surface area contributed by atoms with E-state index in [0.717, 1.165) is 116 Å². The highest BCUT2D eigenvalue weighted by Crippen LogP contribution is 2.36. The molecule has 4 amide bonds. The Bertz CT molecular complexity index is 2320. The Hall–Kier alpha value is -6.32. The molecule has 0 unspecified atom stereocenters. The maximum absolute atomic E-state index is 13.3. The number of fused-ring (bicyclic) bond motifs is 2. The van der Waals surface area contributed by atoms with E-state index in [2.05, 4.69) is 83.9 Å². The molecule has 15 heteroatoms. The smallest absolute Gasteiger partial charge is 0.328 e. The number of amides is 4. The van der Waals surface area contributed by atoms with Gasteiger partial charge in [-0.15, -0.1) is 0 Å². The number of rotatable bonds is 9. The van der Waals surface area contributed by atoms with Crippen molar-refractivity contribution in [2.24, 2.45) is 0 Å². The molecular weight excluding hydrogens is 735 g/mol. The lowest BCUT2D eigenvalue weighted by Crippen LogP contribution is -2.53. The minimum absolute atomic E-state index is 0.191. The monoisotopic (exact) mass is 781 g/mol. The third-order valence-corrected chi connectivity index (χ3v) is 11.5. The first-order valence-corrected chi connectivity index (χ1v) is 20.0. The van der Waals surface area contributed by atoms with Crippen molar-refractivity contribution in [1.29, 1.82) is 0 Å². The molecule has 3 N–H and O–H groups in total. The average molecular weight is 782 g/mol. The Morgan fingerprint density at radius 2 is 1.59 bits per heavy atom. The normalized spacial score (nSPS) is 17.7. The van der Waals surface area contributed by atoms with Crippen LogP contribution >= 0.6 is 0 Å². The standard InChI is InChI=1S/C43H47N11O4/c1-29-36(26-45-41-40(29)44-13-23-58-41)31-4-5-32-25-46-42(48-37(32)24-31)47-33-6-2-30(3-7-33)27-50-17-21-53(22-18-50)39(56)28-51-15-19-52(20-16-51)34-8-10-35(11-9-34)54-14-12-38(55)49-43(54)57/h2-11,24-26,44H,12-23,27-28H2,1H3,(H,46,47,48)(H,49,55,57). The molecule has 9 rings (SSSR count). The summed E-state index contributed by atoms with van der Waals surface area (Å²) in [6, 6.07) is 22.1. The quantitative estimate of drug-likeness (QED) is 0.194. The summed E-state index contributed by atoms with van der Waals surface area (Å²) in [6.07, 6.45) is 4.01. The van der Waals surface area contributed by atoms with Crippen molar-refractivity contribution in [1.82, 2.24) is 35.0 Å². The number of anilines is 5. The number of nitrogens with zero attached hydrogens (tertiary/aromatic N) is 8. The number of nitrogens with one attached hydrogen (secondary N) is 3. The molecule has 298 valence electrons. The summed E-state index contributed by atoms with van der Waals surface area (Å²) < 4.78 is 5.71. The van der Waals surface area contributed by atoms with Crippen molar-refractivity contribution in [2.45, 2.75) is 19.9 Å². The van der Waals surface area contributed by atoms with Crippen molar-refractivity contribution in [3.63, 3.8) is 0 Å². The van der Waals surface area contributed by atoms with E-state index in [0.29, 0.717) is 37.9 Å².